The standard InChI is InChI=1S/C20H16BrClN2O5/c1-11-15(22)4-3-5-16(11)24-20(27)13(9-23)6-12-7-17(28-2)18(8-14(12)21)29-10-19(25)26/h3-8H,10H2,1-2H3,(H,24,27)(H,25,26)/b13-6+. The van der Waals surface area contributed by atoms with Crippen LogP contribution in [0.15, 0.2) is 40.4 Å². The normalized spacial score (nSPS) is 10.8. The van der Waals surface area contributed by atoms with Crippen LogP contribution in [-0.4, -0.2) is 30.7 Å². The molecule has 0 saturated heterocycles. The van der Waals surface area contributed by atoms with E-state index in [1.807, 2.05) is 6.07 Å². The number of hydrogen-bond donors (Lipinski definition) is 2. The van der Waals surface area contributed by atoms with Crippen LogP contribution in [0.1, 0.15) is 11.1 Å². The maximum absolute atomic E-state index is 12.5. The number of nitrogens with zero attached hydrogens (tertiary/aromatic N) is 1. The smallest absolute Gasteiger partial charge is 0.341 e. The van der Waals surface area contributed by atoms with Crippen LogP contribution in [-0.2, 0) is 9.59 Å². The molecule has 1 amide bonds. The predicted molar refractivity (Wildman–Crippen MR) is 112 cm³/mol. The van der Waals surface area contributed by atoms with Crippen molar-refractivity contribution < 1.29 is 24.2 Å². The van der Waals surface area contributed by atoms with Crippen molar-refractivity contribution in [2.75, 3.05) is 19.0 Å². The molecule has 0 unspecified atom stereocenters. The van der Waals surface area contributed by atoms with Gasteiger partial charge in [0, 0.05) is 15.2 Å². The van der Waals surface area contributed by atoms with Crippen LogP contribution in [0.4, 0.5) is 5.69 Å². The zero-order chi connectivity index (χ0) is 21.6. The molecule has 29 heavy (non-hydrogen) atoms. The molecule has 0 fully saturated rings. The Morgan fingerprint density at radius 1 is 1.34 bits per heavy atom. The van der Waals surface area contributed by atoms with Gasteiger partial charge >= 0.3 is 5.97 Å². The number of benzene rings is 2. The highest BCUT2D eigenvalue weighted by atomic mass is 79.9. The molecule has 0 aliphatic carbocycles. The third kappa shape index (κ3) is 5.73. The lowest BCUT2D eigenvalue weighted by Crippen LogP contribution is -2.14. The number of nitrogens with one attached hydrogen (secondary N) is 1. The lowest BCUT2D eigenvalue weighted by molar-refractivity contribution is -0.139. The van der Waals surface area contributed by atoms with E-state index in [2.05, 4.69) is 21.2 Å². The molecule has 0 atom stereocenters. The Hall–Kier alpha value is -3.02. The number of nitriles is 1. The van der Waals surface area contributed by atoms with Gasteiger partial charge in [-0.05, 0) is 48.4 Å². The van der Waals surface area contributed by atoms with Crippen molar-refractivity contribution in [3.63, 3.8) is 0 Å². The summed E-state index contributed by atoms with van der Waals surface area (Å²) in [5, 5.41) is 21.4. The van der Waals surface area contributed by atoms with E-state index in [1.54, 1.807) is 25.1 Å². The highest BCUT2D eigenvalue weighted by Crippen LogP contribution is 2.34. The minimum Gasteiger partial charge on any atom is -0.493 e. The van der Waals surface area contributed by atoms with E-state index in [4.69, 9.17) is 26.2 Å². The monoisotopic (exact) mass is 478 g/mol. The van der Waals surface area contributed by atoms with Gasteiger partial charge in [0.1, 0.15) is 11.6 Å². The van der Waals surface area contributed by atoms with Crippen molar-refractivity contribution in [3.05, 3.63) is 56.5 Å². The van der Waals surface area contributed by atoms with Gasteiger partial charge in [-0.1, -0.05) is 33.6 Å². The summed E-state index contributed by atoms with van der Waals surface area (Å²) < 4.78 is 10.9. The van der Waals surface area contributed by atoms with Gasteiger partial charge in [-0.25, -0.2) is 4.79 Å². The number of carboxylic acid groups (broad SMARTS) is 1. The van der Waals surface area contributed by atoms with E-state index >= 15 is 0 Å². The van der Waals surface area contributed by atoms with Crippen LogP contribution in [0, 0.1) is 18.3 Å². The highest BCUT2D eigenvalue weighted by molar-refractivity contribution is 9.10. The van der Waals surface area contributed by atoms with E-state index in [-0.39, 0.29) is 17.1 Å². The van der Waals surface area contributed by atoms with E-state index in [0.29, 0.717) is 26.3 Å². The molecule has 2 N–H and O–H groups in total. The molecule has 7 nitrogen and oxygen atoms in total. The second-order valence-electron chi connectivity index (χ2n) is 5.74. The first-order chi connectivity index (χ1) is 13.8. The number of ether oxygens (including phenoxy) is 2. The van der Waals surface area contributed by atoms with Gasteiger partial charge in [-0.3, -0.25) is 4.79 Å². The van der Waals surface area contributed by atoms with Gasteiger partial charge in [0.2, 0.25) is 0 Å². The molecule has 9 heteroatoms. The fourth-order valence-electron chi connectivity index (χ4n) is 2.31. The number of hydrogen-bond acceptors (Lipinski definition) is 5. The van der Waals surface area contributed by atoms with Crippen LogP contribution >= 0.6 is 27.5 Å². The summed E-state index contributed by atoms with van der Waals surface area (Å²) in [4.78, 5) is 23.2. The molecular weight excluding hydrogens is 464 g/mol. The van der Waals surface area contributed by atoms with Crippen LogP contribution in [0.5, 0.6) is 11.5 Å². The first-order valence-electron chi connectivity index (χ1n) is 8.17. The number of rotatable bonds is 7. The second-order valence-corrected chi connectivity index (χ2v) is 7.00. The zero-order valence-electron chi connectivity index (χ0n) is 15.5. The number of carboxylic acids is 1. The number of aliphatic carboxylic acids is 1. The Labute approximate surface area is 180 Å². The Morgan fingerprint density at radius 2 is 2.07 bits per heavy atom. The summed E-state index contributed by atoms with van der Waals surface area (Å²) >= 11 is 9.38. The predicted octanol–water partition coefficient (Wildman–Crippen LogP) is 4.43. The largest absolute Gasteiger partial charge is 0.493 e. The number of methoxy groups -OCH3 is 1. The van der Waals surface area contributed by atoms with Gasteiger partial charge < -0.3 is 19.9 Å². The molecule has 0 aromatic heterocycles. The minimum atomic E-state index is -1.13. The van der Waals surface area contributed by atoms with E-state index in [9.17, 15) is 14.9 Å². The number of carbonyl (C=O) groups is 2. The van der Waals surface area contributed by atoms with Crippen LogP contribution in [0.2, 0.25) is 5.02 Å². The van der Waals surface area contributed by atoms with Gasteiger partial charge in [0.05, 0.1) is 7.11 Å². The van der Waals surface area contributed by atoms with E-state index in [0.717, 1.165) is 0 Å². The van der Waals surface area contributed by atoms with Crippen molar-refractivity contribution in [2.24, 2.45) is 0 Å². The molecule has 0 bridgehead atoms. The molecule has 2 aromatic rings. The molecule has 0 spiro atoms. The minimum absolute atomic E-state index is 0.147. The number of halogens is 2. The molecule has 0 aliphatic rings. The van der Waals surface area contributed by atoms with Crippen LogP contribution in [0.25, 0.3) is 6.08 Å². The SMILES string of the molecule is COc1cc(/C=C(\C#N)C(=O)Nc2cccc(Cl)c2C)c(Br)cc1OCC(=O)O. The maximum atomic E-state index is 12.5. The number of amides is 1. The maximum Gasteiger partial charge on any atom is 0.341 e. The molecule has 0 heterocycles. The molecule has 2 rings (SSSR count). The summed E-state index contributed by atoms with van der Waals surface area (Å²) in [7, 11) is 1.39. The van der Waals surface area contributed by atoms with Crippen molar-refractivity contribution in [2.45, 2.75) is 6.92 Å². The van der Waals surface area contributed by atoms with Crippen molar-refractivity contribution in [1.82, 2.24) is 0 Å². The average molecular weight is 480 g/mol. The van der Waals surface area contributed by atoms with Crippen LogP contribution < -0.4 is 14.8 Å². The highest BCUT2D eigenvalue weighted by Gasteiger charge is 2.15. The number of anilines is 1. The quantitative estimate of drug-likeness (QED) is 0.449. The summed E-state index contributed by atoms with van der Waals surface area (Å²) in [5.74, 6) is -1.28. The average Bonchev–Trinajstić information content (AvgIpc) is 2.68. The molecule has 2 aromatic carbocycles. The Balaban J connectivity index is 2.34. The molecule has 0 saturated carbocycles. The Kier molecular flexibility index (Phi) is 7.65. The first kappa shape index (κ1) is 22.3. The van der Waals surface area contributed by atoms with E-state index < -0.39 is 18.5 Å². The lowest BCUT2D eigenvalue weighted by atomic mass is 10.1. The fraction of sp³-hybridized carbons (Fsp3) is 0.150. The lowest BCUT2D eigenvalue weighted by Gasteiger charge is -2.12. The van der Waals surface area contributed by atoms with Gasteiger partial charge in [0.25, 0.3) is 5.91 Å². The van der Waals surface area contributed by atoms with Crippen LogP contribution in [0.3, 0.4) is 0 Å². The Bertz CT molecular complexity index is 1030. The summed E-state index contributed by atoms with van der Waals surface area (Å²) in [6, 6.07) is 9.97. The first-order valence-corrected chi connectivity index (χ1v) is 9.34. The summed E-state index contributed by atoms with van der Waals surface area (Å²) in [5.41, 5.74) is 1.51. The van der Waals surface area contributed by atoms with Gasteiger partial charge in [0.15, 0.2) is 18.1 Å². The van der Waals surface area contributed by atoms with Crippen molar-refractivity contribution in [3.8, 4) is 17.6 Å². The van der Waals surface area contributed by atoms with E-state index in [1.165, 1.54) is 25.3 Å². The molecule has 150 valence electrons. The van der Waals surface area contributed by atoms with Gasteiger partial charge in [-0.15, -0.1) is 0 Å². The zero-order valence-corrected chi connectivity index (χ0v) is 17.8. The Morgan fingerprint density at radius 3 is 2.69 bits per heavy atom. The number of carbonyl (C=O) groups excluding carboxylic acids is 1. The third-order valence-corrected chi connectivity index (χ3v) is 4.91. The second kappa shape index (κ2) is 9.96. The fourth-order valence-corrected chi connectivity index (χ4v) is 2.92. The topological polar surface area (TPSA) is 109 Å². The molecular formula is C20H16BrClN2O5. The summed E-state index contributed by atoms with van der Waals surface area (Å²) in [6.45, 7) is 1.22. The third-order valence-electron chi connectivity index (χ3n) is 3.81. The van der Waals surface area contributed by atoms with Crippen molar-refractivity contribution >= 4 is 51.2 Å². The van der Waals surface area contributed by atoms with Crippen molar-refractivity contribution in [1.29, 1.82) is 5.26 Å². The van der Waals surface area contributed by atoms with Gasteiger partial charge in [-0.2, -0.15) is 5.26 Å². The molecule has 0 aliphatic heterocycles. The molecule has 0 radical (unpaired) electrons. The summed E-state index contributed by atoms with van der Waals surface area (Å²) in [6.07, 6.45) is 1.38.